The molecule has 5 aliphatic rings. The summed E-state index contributed by atoms with van der Waals surface area (Å²) in [6.07, 6.45) is 8.25. The molecular weight excluding hydrogens is 710 g/mol. The molecule has 2 aromatic carbocycles. The molecule has 5 atom stereocenters. The Hall–Kier alpha value is -5.00. The third kappa shape index (κ3) is 6.03. The highest BCUT2D eigenvalue weighted by atomic mass is 19.1. The topological polar surface area (TPSA) is 112 Å². The number of anilines is 1. The number of hydrogen-bond acceptors (Lipinski definition) is 11. The molecule has 5 aliphatic heterocycles. The number of hydrogen-bond donors (Lipinski definition) is 0. The number of methoxy groups -OCH3 is 1. The van der Waals surface area contributed by atoms with Gasteiger partial charge in [-0.25, -0.2) is 18.6 Å². The van der Waals surface area contributed by atoms with Gasteiger partial charge in [0.2, 0.25) is 5.88 Å². The van der Waals surface area contributed by atoms with E-state index in [4.69, 9.17) is 45.1 Å². The summed E-state index contributed by atoms with van der Waals surface area (Å²) in [5, 5.41) is 1.63. The van der Waals surface area contributed by atoms with Crippen LogP contribution in [0, 0.1) is 18.2 Å². The number of carbonyl (C=O) groups excluding carboxylic acids is 1. The molecule has 0 aliphatic carbocycles. The van der Waals surface area contributed by atoms with E-state index in [1.165, 1.54) is 7.11 Å². The Labute approximate surface area is 318 Å². The minimum absolute atomic E-state index is 0.0260. The van der Waals surface area contributed by atoms with E-state index in [0.29, 0.717) is 53.0 Å². The summed E-state index contributed by atoms with van der Waals surface area (Å²) in [6.45, 7) is 7.40. The van der Waals surface area contributed by atoms with Gasteiger partial charge in [-0.2, -0.15) is 9.97 Å². The van der Waals surface area contributed by atoms with Crippen molar-refractivity contribution in [2.45, 2.75) is 88.3 Å². The number of piperazine rings is 1. The fourth-order valence-electron chi connectivity index (χ4n) is 9.47. The smallest absolute Gasteiger partial charge is 0.410 e. The summed E-state index contributed by atoms with van der Waals surface area (Å²) in [7, 11) is 1.52. The van der Waals surface area contributed by atoms with Crippen LogP contribution in [0.25, 0.3) is 32.9 Å². The van der Waals surface area contributed by atoms with E-state index in [0.717, 1.165) is 37.6 Å². The first-order valence-electron chi connectivity index (χ1n) is 19.0. The number of ether oxygens (including phenoxy) is 5. The molecule has 2 aromatic heterocycles. The van der Waals surface area contributed by atoms with Crippen molar-refractivity contribution < 1.29 is 37.3 Å². The van der Waals surface area contributed by atoms with Crippen molar-refractivity contribution in [2.24, 2.45) is 0 Å². The number of terminal acetylenes is 1. The normalized spacial score (nSPS) is 25.7. The summed E-state index contributed by atoms with van der Waals surface area (Å²) in [6, 6.07) is 8.18. The van der Waals surface area contributed by atoms with Gasteiger partial charge in [-0.15, -0.1) is 6.42 Å². The SMILES string of the molecule is C#Cc1cccc2cc(OCOC)cc(-c3nc4c5c(nc(OC[C@@]67CCCN6C[C@@H](F)C7)nc5c3F)N3C[C@@H]5CC[C@H]([C@@H]3CO4)N5C(=O)OC(C)(C)C)c12. The van der Waals surface area contributed by atoms with Crippen LogP contribution in [0.15, 0.2) is 30.3 Å². The van der Waals surface area contributed by atoms with Crippen LogP contribution < -0.4 is 19.1 Å². The van der Waals surface area contributed by atoms with Crippen molar-refractivity contribution >= 4 is 33.6 Å². The van der Waals surface area contributed by atoms with E-state index in [1.54, 1.807) is 12.1 Å². The fraction of sp³-hybridized carbons (Fsp3) is 0.512. The summed E-state index contributed by atoms with van der Waals surface area (Å²) in [5.74, 6) is 3.01. The molecule has 2 bridgehead atoms. The second-order valence-corrected chi connectivity index (χ2v) is 16.3. The molecule has 0 spiro atoms. The molecule has 0 unspecified atom stereocenters. The van der Waals surface area contributed by atoms with Gasteiger partial charge in [0.1, 0.15) is 53.2 Å². The lowest BCUT2D eigenvalue weighted by Gasteiger charge is -2.46. The highest BCUT2D eigenvalue weighted by molar-refractivity contribution is 6.04. The number of nitrogens with zero attached hydrogens (tertiary/aromatic N) is 6. The number of rotatable bonds is 7. The lowest BCUT2D eigenvalue weighted by Crippen LogP contribution is -2.63. The molecule has 0 radical (unpaired) electrons. The van der Waals surface area contributed by atoms with Crippen molar-refractivity contribution in [3.05, 3.63) is 41.7 Å². The number of aromatic nitrogens is 3. The van der Waals surface area contributed by atoms with E-state index >= 15 is 4.39 Å². The van der Waals surface area contributed by atoms with Crippen molar-refractivity contribution in [1.29, 1.82) is 0 Å². The summed E-state index contributed by atoms with van der Waals surface area (Å²) in [5.41, 5.74) is -0.287. The Kier molecular flexibility index (Phi) is 8.65. The number of benzene rings is 2. The van der Waals surface area contributed by atoms with Crippen molar-refractivity contribution in [3.63, 3.8) is 0 Å². The van der Waals surface area contributed by atoms with Gasteiger partial charge < -0.3 is 28.6 Å². The Morgan fingerprint density at radius 1 is 1.11 bits per heavy atom. The van der Waals surface area contributed by atoms with Gasteiger partial charge in [-0.1, -0.05) is 18.1 Å². The standard InChI is InChI=1S/C41H44F2N6O6/c1-6-23-9-7-10-24-15-27(54-22-51-5)16-28(31(23)24)34-33(43)35-32-36(46-38(45-35)53-21-41-13-8-14-47(41)18-25(42)17-41)48-19-26-11-12-29(30(48)20-52-37(32)44-34)49(26)39(50)55-40(2,3)4/h1,7,9-10,15-16,25-26,29-30H,8,11-14,17-22H2,2-5H3/t25-,26-,29+,30-,41-/m0/s1. The van der Waals surface area contributed by atoms with E-state index in [-0.39, 0.29) is 67.3 Å². The zero-order valence-corrected chi connectivity index (χ0v) is 31.4. The molecule has 12 nitrogen and oxygen atoms in total. The second-order valence-electron chi connectivity index (χ2n) is 16.3. The number of carbonyl (C=O) groups is 1. The van der Waals surface area contributed by atoms with Crippen LogP contribution in [0.1, 0.15) is 58.4 Å². The van der Waals surface area contributed by atoms with Crippen LogP contribution in [0.5, 0.6) is 17.6 Å². The van der Waals surface area contributed by atoms with Gasteiger partial charge in [-0.3, -0.25) is 9.80 Å². The van der Waals surface area contributed by atoms with Crippen LogP contribution in [-0.2, 0) is 9.47 Å². The average molecular weight is 755 g/mol. The molecule has 4 aromatic rings. The predicted molar refractivity (Wildman–Crippen MR) is 201 cm³/mol. The Balaban J connectivity index is 1.20. The van der Waals surface area contributed by atoms with E-state index in [2.05, 4.69) is 15.7 Å². The number of fused-ring (bicyclic) bond motifs is 7. The Bertz CT molecular complexity index is 2240. The minimum atomic E-state index is -0.944. The van der Waals surface area contributed by atoms with Gasteiger partial charge in [0.05, 0.1) is 23.7 Å². The summed E-state index contributed by atoms with van der Waals surface area (Å²) >= 11 is 0. The predicted octanol–water partition coefficient (Wildman–Crippen LogP) is 6.25. The van der Waals surface area contributed by atoms with Gasteiger partial charge in [0.25, 0.3) is 0 Å². The minimum Gasteiger partial charge on any atom is -0.475 e. The quantitative estimate of drug-likeness (QED) is 0.158. The molecule has 7 heterocycles. The van der Waals surface area contributed by atoms with Crippen LogP contribution in [0.3, 0.4) is 0 Å². The molecule has 9 rings (SSSR count). The van der Waals surface area contributed by atoms with Crippen LogP contribution in [-0.4, -0.2) is 113 Å². The summed E-state index contributed by atoms with van der Waals surface area (Å²) < 4.78 is 62.1. The van der Waals surface area contributed by atoms with Crippen LogP contribution in [0.2, 0.25) is 0 Å². The zero-order valence-electron chi connectivity index (χ0n) is 31.4. The van der Waals surface area contributed by atoms with E-state index in [9.17, 15) is 9.18 Å². The van der Waals surface area contributed by atoms with Gasteiger partial charge in [-0.05, 0) is 76.6 Å². The molecule has 55 heavy (non-hydrogen) atoms. The van der Waals surface area contributed by atoms with Crippen LogP contribution in [0.4, 0.5) is 19.4 Å². The van der Waals surface area contributed by atoms with Gasteiger partial charge >= 0.3 is 12.1 Å². The first kappa shape index (κ1) is 35.7. The number of alkyl halides is 1. The third-order valence-electron chi connectivity index (χ3n) is 11.7. The molecular formula is C41H44F2N6O6. The molecule has 0 saturated carbocycles. The first-order chi connectivity index (χ1) is 26.5. The zero-order chi connectivity index (χ0) is 38.2. The molecule has 4 fully saturated rings. The van der Waals surface area contributed by atoms with Gasteiger partial charge in [0.15, 0.2) is 12.6 Å². The highest BCUT2D eigenvalue weighted by Crippen LogP contribution is 2.47. The lowest BCUT2D eigenvalue weighted by atomic mass is 9.95. The fourth-order valence-corrected chi connectivity index (χ4v) is 9.47. The second kappa shape index (κ2) is 13.3. The number of pyridine rings is 1. The maximum atomic E-state index is 17.5. The average Bonchev–Trinajstić information content (AvgIpc) is 3.76. The highest BCUT2D eigenvalue weighted by Gasteiger charge is 2.52. The van der Waals surface area contributed by atoms with Crippen LogP contribution >= 0.6 is 0 Å². The van der Waals surface area contributed by atoms with E-state index < -0.39 is 23.1 Å². The first-order valence-corrected chi connectivity index (χ1v) is 19.0. The Morgan fingerprint density at radius 3 is 2.76 bits per heavy atom. The largest absolute Gasteiger partial charge is 0.475 e. The maximum absolute atomic E-state index is 17.5. The number of amides is 1. The summed E-state index contributed by atoms with van der Waals surface area (Å²) in [4.78, 5) is 34.2. The third-order valence-corrected chi connectivity index (χ3v) is 11.7. The molecule has 14 heteroatoms. The molecule has 0 N–H and O–H groups in total. The van der Waals surface area contributed by atoms with E-state index in [1.807, 2.05) is 43.9 Å². The number of halogens is 2. The molecule has 1 amide bonds. The lowest BCUT2D eigenvalue weighted by molar-refractivity contribution is 0.00537. The monoisotopic (exact) mass is 754 g/mol. The molecule has 4 saturated heterocycles. The Morgan fingerprint density at radius 2 is 1.96 bits per heavy atom. The van der Waals surface area contributed by atoms with Crippen molar-refractivity contribution in [2.75, 3.05) is 51.7 Å². The van der Waals surface area contributed by atoms with Gasteiger partial charge in [0, 0.05) is 43.1 Å². The van der Waals surface area contributed by atoms with Crippen molar-refractivity contribution in [3.8, 4) is 41.2 Å². The van der Waals surface area contributed by atoms with Crippen molar-refractivity contribution in [1.82, 2.24) is 24.8 Å². The molecule has 288 valence electrons. The maximum Gasteiger partial charge on any atom is 0.410 e.